The lowest BCUT2D eigenvalue weighted by Crippen LogP contribution is -2.36. The molecule has 114 valence electrons. The Hall–Kier alpha value is -1.63. The van der Waals surface area contributed by atoms with Crippen molar-refractivity contribution in [3.8, 4) is 0 Å². The van der Waals surface area contributed by atoms with Gasteiger partial charge in [-0.3, -0.25) is 14.4 Å². The molecule has 0 saturated carbocycles. The molecule has 0 aromatic rings. The number of esters is 1. The number of rotatable bonds is 7. The maximum absolute atomic E-state index is 12.2. The Labute approximate surface area is 118 Å². The highest BCUT2D eigenvalue weighted by Crippen LogP contribution is 2.19. The normalized spacial score (nSPS) is 18.2. The van der Waals surface area contributed by atoms with Crippen LogP contribution in [0.3, 0.4) is 0 Å². The Morgan fingerprint density at radius 1 is 1.40 bits per heavy atom. The van der Waals surface area contributed by atoms with Gasteiger partial charge in [0.05, 0.1) is 26.1 Å². The van der Waals surface area contributed by atoms with Crippen LogP contribution in [0.1, 0.15) is 12.8 Å². The average molecular weight is 286 g/mol. The van der Waals surface area contributed by atoms with E-state index in [0.29, 0.717) is 26.2 Å². The largest absolute Gasteiger partial charge is 0.469 e. The number of likely N-dealkylation sites (tertiary alicyclic amines) is 1. The molecule has 7 heteroatoms. The van der Waals surface area contributed by atoms with E-state index >= 15 is 0 Å². The van der Waals surface area contributed by atoms with Crippen LogP contribution in [0.4, 0.5) is 0 Å². The molecule has 0 aliphatic carbocycles. The third kappa shape index (κ3) is 4.48. The van der Waals surface area contributed by atoms with Gasteiger partial charge in [0.15, 0.2) is 0 Å². The van der Waals surface area contributed by atoms with Gasteiger partial charge in [0.1, 0.15) is 0 Å². The quantitative estimate of drug-likeness (QED) is 0.590. The minimum Gasteiger partial charge on any atom is -0.469 e. The van der Waals surface area contributed by atoms with Crippen molar-refractivity contribution in [2.24, 2.45) is 5.92 Å². The number of carbonyl (C=O) groups excluding carboxylic acids is 3. The van der Waals surface area contributed by atoms with Crippen molar-refractivity contribution in [3.63, 3.8) is 0 Å². The zero-order valence-electron chi connectivity index (χ0n) is 12.3. The minimum absolute atomic E-state index is 0.0261. The zero-order chi connectivity index (χ0) is 15.1. The highest BCUT2D eigenvalue weighted by Gasteiger charge is 2.35. The molecule has 0 spiro atoms. The van der Waals surface area contributed by atoms with Crippen LogP contribution >= 0.6 is 0 Å². The molecule has 1 unspecified atom stereocenters. The van der Waals surface area contributed by atoms with E-state index in [1.54, 1.807) is 19.1 Å². The number of nitrogens with zero attached hydrogens (tertiary/aromatic N) is 2. The fourth-order valence-corrected chi connectivity index (χ4v) is 2.14. The first-order chi connectivity index (χ1) is 9.49. The topological polar surface area (TPSA) is 76.2 Å². The smallest absolute Gasteiger partial charge is 0.307 e. The van der Waals surface area contributed by atoms with Crippen LogP contribution in [0.15, 0.2) is 0 Å². The van der Waals surface area contributed by atoms with Gasteiger partial charge in [0.25, 0.3) is 0 Å². The van der Waals surface area contributed by atoms with Gasteiger partial charge in [0, 0.05) is 40.2 Å². The first-order valence-electron chi connectivity index (χ1n) is 6.58. The lowest BCUT2D eigenvalue weighted by atomic mass is 10.1. The van der Waals surface area contributed by atoms with Gasteiger partial charge in [-0.1, -0.05) is 0 Å². The molecule has 20 heavy (non-hydrogen) atoms. The summed E-state index contributed by atoms with van der Waals surface area (Å²) in [6.07, 6.45) is 0.387. The SMILES string of the molecule is COCCN1CC(C(=O)N(C)CCC(=O)OC)CC1=O. The van der Waals surface area contributed by atoms with Gasteiger partial charge < -0.3 is 19.3 Å². The number of amides is 2. The van der Waals surface area contributed by atoms with E-state index in [4.69, 9.17) is 4.74 Å². The van der Waals surface area contributed by atoms with Crippen LogP contribution in [0.2, 0.25) is 0 Å². The summed E-state index contributed by atoms with van der Waals surface area (Å²) in [7, 11) is 4.52. The van der Waals surface area contributed by atoms with Gasteiger partial charge in [-0.15, -0.1) is 0 Å². The van der Waals surface area contributed by atoms with Crippen molar-refractivity contribution in [1.29, 1.82) is 0 Å². The summed E-state index contributed by atoms with van der Waals surface area (Å²) in [6, 6.07) is 0. The van der Waals surface area contributed by atoms with Crippen LogP contribution in [-0.2, 0) is 23.9 Å². The molecule has 1 aliphatic heterocycles. The van der Waals surface area contributed by atoms with Crippen LogP contribution in [0.5, 0.6) is 0 Å². The Morgan fingerprint density at radius 2 is 2.10 bits per heavy atom. The van der Waals surface area contributed by atoms with Gasteiger partial charge in [-0.05, 0) is 0 Å². The lowest BCUT2D eigenvalue weighted by Gasteiger charge is -2.21. The van der Waals surface area contributed by atoms with Gasteiger partial charge in [-0.2, -0.15) is 0 Å². The summed E-state index contributed by atoms with van der Waals surface area (Å²) in [4.78, 5) is 38.1. The predicted octanol–water partition coefficient (Wildman–Crippen LogP) is -0.497. The second-order valence-corrected chi connectivity index (χ2v) is 4.82. The molecule has 7 nitrogen and oxygen atoms in total. The third-order valence-corrected chi connectivity index (χ3v) is 3.38. The van der Waals surface area contributed by atoms with Crippen LogP contribution < -0.4 is 0 Å². The van der Waals surface area contributed by atoms with E-state index in [2.05, 4.69) is 4.74 Å². The predicted molar refractivity (Wildman–Crippen MR) is 70.8 cm³/mol. The Bertz CT molecular complexity index is 372. The van der Waals surface area contributed by atoms with Crippen molar-refractivity contribution in [1.82, 2.24) is 9.80 Å². The molecule has 1 saturated heterocycles. The molecule has 0 aromatic carbocycles. The van der Waals surface area contributed by atoms with Crippen molar-refractivity contribution in [3.05, 3.63) is 0 Å². The molecule has 0 aromatic heterocycles. The van der Waals surface area contributed by atoms with E-state index in [-0.39, 0.29) is 36.5 Å². The first kappa shape index (κ1) is 16.4. The molecule has 1 rings (SSSR count). The molecule has 1 aliphatic rings. The highest BCUT2D eigenvalue weighted by molar-refractivity contribution is 5.89. The summed E-state index contributed by atoms with van der Waals surface area (Å²) in [5, 5.41) is 0. The lowest BCUT2D eigenvalue weighted by molar-refractivity contribution is -0.142. The Kier molecular flexibility index (Phi) is 6.44. The number of ether oxygens (including phenoxy) is 2. The van der Waals surface area contributed by atoms with E-state index in [1.165, 1.54) is 12.0 Å². The van der Waals surface area contributed by atoms with Crippen LogP contribution in [0.25, 0.3) is 0 Å². The van der Waals surface area contributed by atoms with Gasteiger partial charge in [0.2, 0.25) is 11.8 Å². The maximum Gasteiger partial charge on any atom is 0.307 e. The van der Waals surface area contributed by atoms with Gasteiger partial charge >= 0.3 is 5.97 Å². The molecular weight excluding hydrogens is 264 g/mol. The molecular formula is C13H22N2O5. The standard InChI is InChI=1S/C13H22N2O5/c1-14(5-4-12(17)20-3)13(18)10-8-11(16)15(9-10)6-7-19-2/h10H,4-9H2,1-3H3. The summed E-state index contributed by atoms with van der Waals surface area (Å²) in [6.45, 7) is 1.69. The number of hydrogen-bond donors (Lipinski definition) is 0. The van der Waals surface area contributed by atoms with Crippen molar-refractivity contribution in [2.75, 3.05) is 47.5 Å². The second-order valence-electron chi connectivity index (χ2n) is 4.82. The Morgan fingerprint density at radius 3 is 2.70 bits per heavy atom. The molecule has 0 bridgehead atoms. The van der Waals surface area contributed by atoms with E-state index in [9.17, 15) is 14.4 Å². The summed E-state index contributed by atoms with van der Waals surface area (Å²) in [5.74, 6) is -0.820. The monoisotopic (exact) mass is 286 g/mol. The van der Waals surface area contributed by atoms with Crippen LogP contribution in [-0.4, -0.2) is 75.1 Å². The number of methoxy groups -OCH3 is 2. The fourth-order valence-electron chi connectivity index (χ4n) is 2.14. The van der Waals surface area contributed by atoms with Crippen molar-refractivity contribution >= 4 is 17.8 Å². The number of carbonyl (C=O) groups is 3. The third-order valence-electron chi connectivity index (χ3n) is 3.38. The minimum atomic E-state index is -0.353. The first-order valence-corrected chi connectivity index (χ1v) is 6.58. The second kappa shape index (κ2) is 7.84. The molecule has 1 heterocycles. The van der Waals surface area contributed by atoms with E-state index < -0.39 is 0 Å². The molecule has 0 N–H and O–H groups in total. The zero-order valence-corrected chi connectivity index (χ0v) is 12.3. The van der Waals surface area contributed by atoms with Crippen LogP contribution in [0, 0.1) is 5.92 Å². The maximum atomic E-state index is 12.2. The van der Waals surface area contributed by atoms with Gasteiger partial charge in [-0.25, -0.2) is 0 Å². The van der Waals surface area contributed by atoms with Crippen molar-refractivity contribution in [2.45, 2.75) is 12.8 Å². The molecule has 1 fully saturated rings. The summed E-state index contributed by atoms with van der Waals surface area (Å²) in [5.41, 5.74) is 0. The summed E-state index contributed by atoms with van der Waals surface area (Å²) < 4.78 is 9.46. The molecule has 0 radical (unpaired) electrons. The molecule has 2 amide bonds. The Balaban J connectivity index is 2.44. The van der Waals surface area contributed by atoms with Crippen molar-refractivity contribution < 1.29 is 23.9 Å². The number of hydrogen-bond acceptors (Lipinski definition) is 5. The van der Waals surface area contributed by atoms with E-state index in [0.717, 1.165) is 0 Å². The average Bonchev–Trinajstić information content (AvgIpc) is 2.82. The fraction of sp³-hybridized carbons (Fsp3) is 0.769. The summed E-state index contributed by atoms with van der Waals surface area (Å²) >= 11 is 0. The molecule has 1 atom stereocenters. The highest BCUT2D eigenvalue weighted by atomic mass is 16.5. The van der Waals surface area contributed by atoms with E-state index in [1.807, 2.05) is 0 Å².